The van der Waals surface area contributed by atoms with Crippen molar-refractivity contribution in [2.24, 2.45) is 69.8 Å². The molecule has 1 unspecified atom stereocenters. The van der Waals surface area contributed by atoms with E-state index in [1.165, 1.54) is 50.8 Å². The lowest BCUT2D eigenvalue weighted by Gasteiger charge is -2.73. The molecule has 5 fully saturated rings. The maximum atomic E-state index is 15.8. The molecule has 2 N–H and O–H groups in total. The summed E-state index contributed by atoms with van der Waals surface area (Å²) < 4.78 is 14.2. The Morgan fingerprint density at radius 3 is 2.71 bits per heavy atom. The largest absolute Gasteiger partial charge is 0.449 e. The predicted octanol–water partition coefficient (Wildman–Crippen LogP) is 7.82. The van der Waals surface area contributed by atoms with Crippen molar-refractivity contribution in [2.75, 3.05) is 19.6 Å². The quantitative estimate of drug-likeness (QED) is 0.249. The molecule has 0 radical (unpaired) electrons. The van der Waals surface area contributed by atoms with E-state index in [1.807, 2.05) is 0 Å². The van der Waals surface area contributed by atoms with E-state index >= 15 is 4.79 Å². The molecule has 0 amide bonds. The molecule has 5 aliphatic carbocycles. The summed E-state index contributed by atoms with van der Waals surface area (Å²) in [5.41, 5.74) is 12.7. The fourth-order valence-electron chi connectivity index (χ4n) is 17.4. The third-order valence-electron chi connectivity index (χ3n) is 19.2. The van der Waals surface area contributed by atoms with Gasteiger partial charge in [-0.15, -0.1) is 0 Å². The van der Waals surface area contributed by atoms with Crippen LogP contribution in [-0.2, 0) is 26.3 Å². The number of hydrogen-bond donors (Lipinski definition) is 1. The minimum Gasteiger partial charge on any atom is -0.449 e. The zero-order valence-electron chi connectivity index (χ0n) is 33.6. The molecule has 4 saturated heterocycles. The molecule has 1 aromatic rings. The van der Waals surface area contributed by atoms with E-state index in [0.29, 0.717) is 54.3 Å². The van der Waals surface area contributed by atoms with Gasteiger partial charge in [-0.1, -0.05) is 55.3 Å². The number of rotatable bonds is 3. The highest BCUT2D eigenvalue weighted by atomic mass is 16.6. The normalized spacial score (nSPS) is 50.9. The van der Waals surface area contributed by atoms with Crippen molar-refractivity contribution in [3.63, 3.8) is 0 Å². The van der Waals surface area contributed by atoms with Crippen molar-refractivity contribution in [3.8, 4) is 0 Å². The summed E-state index contributed by atoms with van der Waals surface area (Å²) in [5.74, 6) is 4.09. The number of hydrogen-bond acceptors (Lipinski definition) is 7. The lowest BCUT2D eigenvalue weighted by atomic mass is 9.27. The number of nitrogens with zero attached hydrogens (tertiary/aromatic N) is 2. The third kappa shape index (κ3) is 3.62. The van der Waals surface area contributed by atoms with Crippen molar-refractivity contribution < 1.29 is 19.1 Å². The Labute approximate surface area is 332 Å². The molecule has 8 aliphatic heterocycles. The van der Waals surface area contributed by atoms with E-state index in [0.717, 1.165) is 67.4 Å². The molecular formula is C49H59N3O4. The molecule has 1 saturated carbocycles. The zero-order chi connectivity index (χ0) is 37.6. The smallest absolute Gasteiger partial charge is 0.339 e. The molecule has 1 aromatic carbocycles. The van der Waals surface area contributed by atoms with Gasteiger partial charge in [-0.25, -0.2) is 4.79 Å². The summed E-state index contributed by atoms with van der Waals surface area (Å²) in [4.78, 5) is 36.4. The van der Waals surface area contributed by atoms with Crippen LogP contribution in [0.5, 0.6) is 0 Å². The number of nitrogens with two attached hydrogens (primary N) is 1. The van der Waals surface area contributed by atoms with E-state index in [1.54, 1.807) is 16.8 Å². The van der Waals surface area contributed by atoms with Crippen LogP contribution in [-0.4, -0.2) is 59.5 Å². The minimum absolute atomic E-state index is 0.0450. The monoisotopic (exact) mass is 753 g/mol. The van der Waals surface area contributed by atoms with E-state index in [2.05, 4.69) is 67.0 Å². The first-order valence-electron chi connectivity index (χ1n) is 22.9. The number of ether oxygens (including phenoxy) is 2. The molecule has 10 bridgehead atoms. The number of piperidine rings is 3. The van der Waals surface area contributed by atoms with Crippen LogP contribution in [0, 0.1) is 64.1 Å². The van der Waals surface area contributed by atoms with Gasteiger partial charge in [0, 0.05) is 54.3 Å². The minimum atomic E-state index is -0.953. The Kier molecular flexibility index (Phi) is 6.70. The Morgan fingerprint density at radius 1 is 0.964 bits per heavy atom. The van der Waals surface area contributed by atoms with Gasteiger partial charge in [0.1, 0.15) is 11.2 Å². The van der Waals surface area contributed by atoms with Crippen LogP contribution in [0.25, 0.3) is 0 Å². The molecule has 16 atom stereocenters. The molecule has 13 aliphatic rings. The second kappa shape index (κ2) is 11.1. The van der Waals surface area contributed by atoms with Crippen LogP contribution in [0.1, 0.15) is 113 Å². The maximum Gasteiger partial charge on any atom is 0.339 e. The molecule has 3 spiro atoms. The van der Waals surface area contributed by atoms with Gasteiger partial charge in [0.15, 0.2) is 5.60 Å². The number of allylic oxidation sites excluding steroid dienone is 4. The fraction of sp³-hybridized carbons (Fsp3) is 0.673. The maximum absolute atomic E-state index is 15.8. The van der Waals surface area contributed by atoms with Gasteiger partial charge in [0.05, 0.1) is 11.0 Å². The molecular weight excluding hydrogens is 695 g/mol. The Bertz CT molecular complexity index is 2130. The van der Waals surface area contributed by atoms with Gasteiger partial charge >= 0.3 is 11.9 Å². The van der Waals surface area contributed by atoms with Crippen molar-refractivity contribution in [2.45, 2.75) is 122 Å². The van der Waals surface area contributed by atoms with Gasteiger partial charge in [0.25, 0.3) is 0 Å². The first kappa shape index (κ1) is 33.8. The summed E-state index contributed by atoms with van der Waals surface area (Å²) in [6.07, 6.45) is 20.1. The number of benzene rings is 1. The number of carbonyl (C=O) groups excluding carboxylic acids is 2. The molecule has 7 heteroatoms. The van der Waals surface area contributed by atoms with E-state index < -0.39 is 16.4 Å². The van der Waals surface area contributed by atoms with Crippen LogP contribution in [0.2, 0.25) is 0 Å². The van der Waals surface area contributed by atoms with Gasteiger partial charge in [-0.3, -0.25) is 9.69 Å². The second-order valence-corrected chi connectivity index (χ2v) is 21.0. The summed E-state index contributed by atoms with van der Waals surface area (Å²) >= 11 is 0. The standard InChI is InChI=1S/C49H59N3O4/c1-25-9-10-30-21-35-26(2)19-31-12-14-38-32-20-33-24-52(38)44(31)42(35)34-15-16-47-40(22-29-11-13-37(33)51(23-32)27(29)3)55-46(54)48(47,43(30)34)39(18-25)49(47)36-8-4-6-28(7-5-17-50)41(36)45(53)56-49/h4,6,8-10,22,25-27,29-30,32-33,35,37-39,42H,5,7,11-21,23-24,50H2,1-3H3/b10-9-,40-22-/t25-,26-,27+,29+,30-,32+,33+,35+,37+,38-,39+,42+,47-,48-,49-/m1/s1. The van der Waals surface area contributed by atoms with Crippen LogP contribution >= 0.6 is 0 Å². The highest BCUT2D eigenvalue weighted by molar-refractivity contribution is 6.00. The Balaban J connectivity index is 1.13. The van der Waals surface area contributed by atoms with E-state index in [-0.39, 0.29) is 35.6 Å². The molecule has 7 nitrogen and oxygen atoms in total. The van der Waals surface area contributed by atoms with Crippen LogP contribution in [0.3, 0.4) is 0 Å². The first-order valence-corrected chi connectivity index (χ1v) is 22.9. The third-order valence-corrected chi connectivity index (χ3v) is 19.2. The highest BCUT2D eigenvalue weighted by Gasteiger charge is 2.93. The van der Waals surface area contributed by atoms with Crippen molar-refractivity contribution in [3.05, 3.63) is 81.3 Å². The number of carbonyl (C=O) groups is 2. The number of fused-ring (bicyclic) bond motifs is 4. The van der Waals surface area contributed by atoms with Gasteiger partial charge < -0.3 is 20.1 Å². The number of esters is 2. The van der Waals surface area contributed by atoms with Crippen LogP contribution in [0.4, 0.5) is 0 Å². The summed E-state index contributed by atoms with van der Waals surface area (Å²) in [7, 11) is 0. The molecule has 14 rings (SSSR count). The van der Waals surface area contributed by atoms with Crippen molar-refractivity contribution in [1.82, 2.24) is 9.80 Å². The van der Waals surface area contributed by atoms with E-state index in [4.69, 9.17) is 15.2 Å². The topological polar surface area (TPSA) is 85.1 Å². The lowest BCUT2D eigenvalue weighted by molar-refractivity contribution is -0.280. The number of aryl methyl sites for hydroxylation is 1. The first-order chi connectivity index (χ1) is 27.2. The highest BCUT2D eigenvalue weighted by Crippen LogP contribution is 2.88. The SMILES string of the molecule is C[C@@H]1/C=C\[C@@H]2C[C@@H]3[C@@H]4C5=C2[C@]26C(=O)O/C(=C\[C@@H]7CC[C@H]8[C@H]9C[C@@H](CN8[C@H]7C)[C@H]7CCC(=C4N7C9)C[C@H]3C)[C@@]2(CC5)[C@]2(OC(=O)c3c(CCCN)cccc32)[C@H]6C1. The molecule has 0 aromatic heterocycles. The molecule has 294 valence electrons. The molecule has 56 heavy (non-hydrogen) atoms. The predicted molar refractivity (Wildman–Crippen MR) is 213 cm³/mol. The zero-order valence-corrected chi connectivity index (χ0v) is 33.6. The Morgan fingerprint density at radius 2 is 1.84 bits per heavy atom. The molecule has 8 heterocycles. The van der Waals surface area contributed by atoms with Crippen LogP contribution < -0.4 is 5.73 Å². The average molecular weight is 754 g/mol. The lowest BCUT2D eigenvalue weighted by Crippen LogP contribution is -2.78. The van der Waals surface area contributed by atoms with Crippen LogP contribution in [0.15, 0.2) is 64.6 Å². The second-order valence-electron chi connectivity index (χ2n) is 21.0. The summed E-state index contributed by atoms with van der Waals surface area (Å²) in [6.45, 7) is 10.3. The van der Waals surface area contributed by atoms with Crippen molar-refractivity contribution in [1.29, 1.82) is 0 Å². The van der Waals surface area contributed by atoms with Gasteiger partial charge in [0.2, 0.25) is 0 Å². The summed E-state index contributed by atoms with van der Waals surface area (Å²) in [6, 6.07) is 8.05. The summed E-state index contributed by atoms with van der Waals surface area (Å²) in [5, 5.41) is 0. The average Bonchev–Trinajstić information content (AvgIpc) is 3.63. The Hall–Kier alpha value is -3.16. The van der Waals surface area contributed by atoms with Gasteiger partial charge in [-0.2, -0.15) is 0 Å². The van der Waals surface area contributed by atoms with E-state index in [9.17, 15) is 4.79 Å². The van der Waals surface area contributed by atoms with Crippen molar-refractivity contribution >= 4 is 11.9 Å². The fourth-order valence-corrected chi connectivity index (χ4v) is 17.4. The van der Waals surface area contributed by atoms with Gasteiger partial charge in [-0.05, 0) is 149 Å².